The first-order chi connectivity index (χ1) is 10.1. The average Bonchev–Trinajstić information content (AvgIpc) is 2.45. The standard InChI is InChI=1S/C16H21FN2O2/c1-12(20)19(15-9-5-6-13(17)10-15)11-16(21)18-14-7-3-2-4-8-14/h5-6,9-10,14H,2-4,7-8,11H2,1H3,(H,18,21). The maximum atomic E-state index is 13.3. The number of hydrogen-bond acceptors (Lipinski definition) is 2. The van der Waals surface area contributed by atoms with E-state index in [0.29, 0.717) is 5.69 Å². The molecule has 0 radical (unpaired) electrons. The first-order valence-electron chi connectivity index (χ1n) is 7.39. The van der Waals surface area contributed by atoms with Crippen LogP contribution in [-0.2, 0) is 9.59 Å². The molecule has 0 aromatic heterocycles. The van der Waals surface area contributed by atoms with Crippen LogP contribution < -0.4 is 10.2 Å². The van der Waals surface area contributed by atoms with Gasteiger partial charge in [0.2, 0.25) is 11.8 Å². The van der Waals surface area contributed by atoms with E-state index in [1.165, 1.54) is 36.4 Å². The van der Waals surface area contributed by atoms with Crippen molar-refractivity contribution in [1.82, 2.24) is 5.32 Å². The van der Waals surface area contributed by atoms with Crippen LogP contribution in [0.5, 0.6) is 0 Å². The first kappa shape index (κ1) is 15.5. The Hall–Kier alpha value is -1.91. The smallest absolute Gasteiger partial charge is 0.240 e. The lowest BCUT2D eigenvalue weighted by Gasteiger charge is -2.25. The normalized spacial score (nSPS) is 15.5. The molecule has 0 aliphatic heterocycles. The molecule has 1 saturated carbocycles. The van der Waals surface area contributed by atoms with Crippen LogP contribution in [0.2, 0.25) is 0 Å². The van der Waals surface area contributed by atoms with Crippen LogP contribution in [0.15, 0.2) is 24.3 Å². The Morgan fingerprint density at radius 2 is 2.00 bits per heavy atom. The Labute approximate surface area is 124 Å². The number of halogens is 1. The highest BCUT2D eigenvalue weighted by Crippen LogP contribution is 2.18. The third-order valence-corrected chi connectivity index (χ3v) is 3.77. The molecular weight excluding hydrogens is 271 g/mol. The van der Waals surface area contributed by atoms with Crippen molar-refractivity contribution in [2.45, 2.75) is 45.1 Å². The molecule has 1 aromatic rings. The van der Waals surface area contributed by atoms with Gasteiger partial charge >= 0.3 is 0 Å². The molecule has 4 nitrogen and oxygen atoms in total. The molecule has 0 saturated heterocycles. The number of nitrogens with one attached hydrogen (secondary N) is 1. The van der Waals surface area contributed by atoms with Gasteiger partial charge in [0.25, 0.3) is 0 Å². The van der Waals surface area contributed by atoms with Crippen LogP contribution in [0.25, 0.3) is 0 Å². The molecule has 1 aliphatic rings. The highest BCUT2D eigenvalue weighted by molar-refractivity contribution is 5.97. The third-order valence-electron chi connectivity index (χ3n) is 3.77. The van der Waals surface area contributed by atoms with Gasteiger partial charge in [0.15, 0.2) is 0 Å². The van der Waals surface area contributed by atoms with Crippen LogP contribution in [0.4, 0.5) is 10.1 Å². The van der Waals surface area contributed by atoms with Gasteiger partial charge in [-0.1, -0.05) is 25.3 Å². The fourth-order valence-electron chi connectivity index (χ4n) is 2.69. The van der Waals surface area contributed by atoms with E-state index >= 15 is 0 Å². The molecule has 1 fully saturated rings. The third kappa shape index (κ3) is 4.55. The number of anilines is 1. The van der Waals surface area contributed by atoms with Crippen molar-refractivity contribution in [2.75, 3.05) is 11.4 Å². The lowest BCUT2D eigenvalue weighted by Crippen LogP contribution is -2.44. The van der Waals surface area contributed by atoms with Crippen LogP contribution >= 0.6 is 0 Å². The second-order valence-corrected chi connectivity index (χ2v) is 5.49. The number of carbonyl (C=O) groups excluding carboxylic acids is 2. The minimum Gasteiger partial charge on any atom is -0.352 e. The molecule has 0 unspecified atom stereocenters. The maximum absolute atomic E-state index is 13.3. The van der Waals surface area contributed by atoms with Gasteiger partial charge in [-0.15, -0.1) is 0 Å². The van der Waals surface area contributed by atoms with E-state index in [1.807, 2.05) is 0 Å². The number of hydrogen-bond donors (Lipinski definition) is 1. The van der Waals surface area contributed by atoms with Gasteiger partial charge in [-0.25, -0.2) is 4.39 Å². The van der Waals surface area contributed by atoms with Crippen LogP contribution in [0.1, 0.15) is 39.0 Å². The molecule has 2 rings (SSSR count). The van der Waals surface area contributed by atoms with Gasteiger partial charge in [0.1, 0.15) is 12.4 Å². The summed E-state index contributed by atoms with van der Waals surface area (Å²) in [7, 11) is 0. The fraction of sp³-hybridized carbons (Fsp3) is 0.500. The highest BCUT2D eigenvalue weighted by atomic mass is 19.1. The summed E-state index contributed by atoms with van der Waals surface area (Å²) in [5, 5.41) is 2.96. The van der Waals surface area contributed by atoms with Gasteiger partial charge in [-0.05, 0) is 31.0 Å². The Kier molecular flexibility index (Phi) is 5.31. The minimum atomic E-state index is -0.425. The van der Waals surface area contributed by atoms with E-state index in [4.69, 9.17) is 0 Å². The first-order valence-corrected chi connectivity index (χ1v) is 7.39. The lowest BCUT2D eigenvalue weighted by molar-refractivity contribution is -0.123. The molecule has 0 atom stereocenters. The number of amides is 2. The Morgan fingerprint density at radius 1 is 1.29 bits per heavy atom. The van der Waals surface area contributed by atoms with Crippen LogP contribution in [-0.4, -0.2) is 24.4 Å². The summed E-state index contributed by atoms with van der Waals surface area (Å²) in [4.78, 5) is 25.1. The van der Waals surface area contributed by atoms with Crippen molar-refractivity contribution in [2.24, 2.45) is 0 Å². The molecule has 0 bridgehead atoms. The molecule has 0 spiro atoms. The van der Waals surface area contributed by atoms with Crippen molar-refractivity contribution in [3.8, 4) is 0 Å². The minimum absolute atomic E-state index is 0.0741. The van der Waals surface area contributed by atoms with E-state index in [2.05, 4.69) is 5.32 Å². The Balaban J connectivity index is 1.99. The second kappa shape index (κ2) is 7.20. The van der Waals surface area contributed by atoms with Gasteiger partial charge in [-0.3, -0.25) is 9.59 Å². The molecule has 5 heteroatoms. The van der Waals surface area contributed by atoms with E-state index in [0.717, 1.165) is 25.7 Å². The summed E-state index contributed by atoms with van der Waals surface area (Å²) in [6.07, 6.45) is 5.46. The largest absolute Gasteiger partial charge is 0.352 e. The topological polar surface area (TPSA) is 49.4 Å². The monoisotopic (exact) mass is 292 g/mol. The van der Waals surface area contributed by atoms with Gasteiger partial charge in [0.05, 0.1) is 0 Å². The van der Waals surface area contributed by atoms with Crippen LogP contribution in [0.3, 0.4) is 0 Å². The van der Waals surface area contributed by atoms with E-state index in [9.17, 15) is 14.0 Å². The Morgan fingerprint density at radius 3 is 2.62 bits per heavy atom. The summed E-state index contributed by atoms with van der Waals surface area (Å²) in [5.74, 6) is -0.896. The summed E-state index contributed by atoms with van der Waals surface area (Å²) in [5.41, 5.74) is 0.404. The molecule has 1 aliphatic carbocycles. The fourth-order valence-corrected chi connectivity index (χ4v) is 2.69. The Bertz CT molecular complexity index is 513. The van der Waals surface area contributed by atoms with Crippen molar-refractivity contribution in [3.05, 3.63) is 30.1 Å². The second-order valence-electron chi connectivity index (χ2n) is 5.49. The lowest BCUT2D eigenvalue weighted by atomic mass is 9.95. The van der Waals surface area contributed by atoms with Crippen molar-refractivity contribution < 1.29 is 14.0 Å². The molecule has 0 heterocycles. The van der Waals surface area contributed by atoms with E-state index < -0.39 is 5.82 Å². The van der Waals surface area contributed by atoms with Crippen molar-refractivity contribution in [1.29, 1.82) is 0 Å². The molecular formula is C16H21FN2O2. The molecule has 2 amide bonds. The number of benzene rings is 1. The van der Waals surface area contributed by atoms with E-state index in [1.54, 1.807) is 6.07 Å². The number of rotatable bonds is 4. The molecule has 1 N–H and O–H groups in total. The molecule has 21 heavy (non-hydrogen) atoms. The van der Waals surface area contributed by atoms with Crippen LogP contribution in [0, 0.1) is 5.82 Å². The van der Waals surface area contributed by atoms with Gasteiger partial charge in [-0.2, -0.15) is 0 Å². The zero-order valence-corrected chi connectivity index (χ0v) is 12.3. The predicted molar refractivity (Wildman–Crippen MR) is 79.4 cm³/mol. The van der Waals surface area contributed by atoms with Gasteiger partial charge < -0.3 is 10.2 Å². The molecule has 114 valence electrons. The SMILES string of the molecule is CC(=O)N(CC(=O)NC1CCCCC1)c1cccc(F)c1. The van der Waals surface area contributed by atoms with Crippen molar-refractivity contribution >= 4 is 17.5 Å². The zero-order chi connectivity index (χ0) is 15.2. The summed E-state index contributed by atoms with van der Waals surface area (Å²) in [6, 6.07) is 5.92. The van der Waals surface area contributed by atoms with E-state index in [-0.39, 0.29) is 24.4 Å². The van der Waals surface area contributed by atoms with Crippen molar-refractivity contribution in [3.63, 3.8) is 0 Å². The average molecular weight is 292 g/mol. The van der Waals surface area contributed by atoms with Gasteiger partial charge in [0, 0.05) is 18.7 Å². The number of nitrogens with zero attached hydrogens (tertiary/aromatic N) is 1. The number of carbonyl (C=O) groups is 2. The summed E-state index contributed by atoms with van der Waals surface area (Å²) in [6.45, 7) is 1.30. The quantitative estimate of drug-likeness (QED) is 0.927. The summed E-state index contributed by atoms with van der Waals surface area (Å²) >= 11 is 0. The summed E-state index contributed by atoms with van der Waals surface area (Å²) < 4.78 is 13.3. The maximum Gasteiger partial charge on any atom is 0.240 e. The highest BCUT2D eigenvalue weighted by Gasteiger charge is 2.20. The predicted octanol–water partition coefficient (Wildman–Crippen LogP) is 2.63. The molecule has 1 aromatic carbocycles. The zero-order valence-electron chi connectivity index (χ0n) is 12.3.